The monoisotopic (exact) mass is 476 g/mol. The molecule has 2 amide bonds. The number of nitrogens with one attached hydrogen (secondary N) is 2. The molecule has 8 nitrogen and oxygen atoms in total. The van der Waals surface area contributed by atoms with Crippen molar-refractivity contribution in [2.45, 2.75) is 38.1 Å². The van der Waals surface area contributed by atoms with Crippen molar-refractivity contribution in [3.05, 3.63) is 54.2 Å². The summed E-state index contributed by atoms with van der Waals surface area (Å²) in [6.07, 6.45) is 10.5. The first-order valence-electron chi connectivity index (χ1n) is 12.8. The van der Waals surface area contributed by atoms with Crippen LogP contribution in [0.25, 0.3) is 10.9 Å². The normalized spacial score (nSPS) is 19.2. The zero-order valence-corrected chi connectivity index (χ0v) is 20.7. The van der Waals surface area contributed by atoms with Crippen LogP contribution in [0.5, 0.6) is 0 Å². The number of carbonyl (C=O) groups is 2. The highest BCUT2D eigenvalue weighted by molar-refractivity contribution is 6.00. The second-order valence-corrected chi connectivity index (χ2v) is 10.3. The molecule has 3 aromatic rings. The molecule has 2 aliphatic rings. The van der Waals surface area contributed by atoms with Crippen molar-refractivity contribution in [3.8, 4) is 0 Å². The van der Waals surface area contributed by atoms with Gasteiger partial charge >= 0.3 is 0 Å². The van der Waals surface area contributed by atoms with Crippen molar-refractivity contribution in [1.29, 1.82) is 0 Å². The Hall–Kier alpha value is -3.13. The number of aryl methyl sites for hydroxylation is 1. The number of nitrogens with zero attached hydrogens (tertiary/aromatic N) is 4. The predicted molar refractivity (Wildman–Crippen MR) is 136 cm³/mol. The number of aromatic amines is 1. The first-order chi connectivity index (χ1) is 17.0. The van der Waals surface area contributed by atoms with E-state index >= 15 is 0 Å². The molecule has 2 N–H and O–H groups in total. The minimum absolute atomic E-state index is 0.00761. The van der Waals surface area contributed by atoms with Crippen LogP contribution in [0, 0.1) is 11.8 Å². The number of hydrogen-bond acceptors (Lipinski definition) is 4. The van der Waals surface area contributed by atoms with Crippen molar-refractivity contribution in [2.75, 3.05) is 33.2 Å². The topological polar surface area (TPSA) is 86.3 Å². The predicted octanol–water partition coefficient (Wildman–Crippen LogP) is 2.82. The molecule has 0 bridgehead atoms. The van der Waals surface area contributed by atoms with Gasteiger partial charge in [0.15, 0.2) is 0 Å². The van der Waals surface area contributed by atoms with Crippen molar-refractivity contribution >= 4 is 22.7 Å². The van der Waals surface area contributed by atoms with Gasteiger partial charge in [-0.3, -0.25) is 9.59 Å². The molecule has 8 heteroatoms. The summed E-state index contributed by atoms with van der Waals surface area (Å²) >= 11 is 0. The van der Waals surface area contributed by atoms with Gasteiger partial charge in [-0.2, -0.15) is 0 Å². The number of likely N-dealkylation sites (tertiary alicyclic amines) is 2. The Morgan fingerprint density at radius 1 is 1.06 bits per heavy atom. The van der Waals surface area contributed by atoms with Crippen LogP contribution in [0.4, 0.5) is 0 Å². The van der Waals surface area contributed by atoms with Gasteiger partial charge in [0, 0.05) is 50.0 Å². The summed E-state index contributed by atoms with van der Waals surface area (Å²) in [7, 11) is 4.11. The smallest absolute Gasteiger partial charge is 0.252 e. The van der Waals surface area contributed by atoms with E-state index in [2.05, 4.69) is 27.2 Å². The maximum atomic E-state index is 13.6. The van der Waals surface area contributed by atoms with E-state index in [4.69, 9.17) is 0 Å². The van der Waals surface area contributed by atoms with Gasteiger partial charge in [0.25, 0.3) is 5.91 Å². The van der Waals surface area contributed by atoms with Crippen molar-refractivity contribution in [3.63, 3.8) is 0 Å². The molecule has 35 heavy (non-hydrogen) atoms. The lowest BCUT2D eigenvalue weighted by molar-refractivity contribution is -0.135. The lowest BCUT2D eigenvalue weighted by Gasteiger charge is -2.40. The molecule has 186 valence electrons. The van der Waals surface area contributed by atoms with E-state index in [9.17, 15) is 9.59 Å². The highest BCUT2D eigenvalue weighted by Crippen LogP contribution is 2.32. The second-order valence-electron chi connectivity index (χ2n) is 10.3. The molecular weight excluding hydrogens is 440 g/mol. The Morgan fingerprint density at radius 3 is 2.46 bits per heavy atom. The molecule has 2 fully saturated rings. The third-order valence-corrected chi connectivity index (χ3v) is 7.87. The zero-order valence-electron chi connectivity index (χ0n) is 20.7. The van der Waals surface area contributed by atoms with Gasteiger partial charge in [0.2, 0.25) is 5.91 Å². The largest absolute Gasteiger partial charge is 0.361 e. The SMILES string of the molecule is CN1CCC(C2CCN(C(=O)[C@H](Cc3cn(C)cn3)NC(=O)c3ccc4cc[nH]c4c3)CC2)CC1. The molecule has 2 aliphatic heterocycles. The van der Waals surface area contributed by atoms with Crippen molar-refractivity contribution in [2.24, 2.45) is 18.9 Å². The quantitative estimate of drug-likeness (QED) is 0.573. The van der Waals surface area contributed by atoms with Gasteiger partial charge in [0.1, 0.15) is 6.04 Å². The number of carbonyl (C=O) groups excluding carboxylic acids is 2. The number of aromatic nitrogens is 3. The number of fused-ring (bicyclic) bond motifs is 1. The number of amides is 2. The molecule has 2 aromatic heterocycles. The summed E-state index contributed by atoms with van der Waals surface area (Å²) in [5.74, 6) is 1.23. The number of rotatable bonds is 6. The van der Waals surface area contributed by atoms with E-state index in [0.29, 0.717) is 17.9 Å². The summed E-state index contributed by atoms with van der Waals surface area (Å²) in [5, 5.41) is 4.08. The number of piperidine rings is 2. The Morgan fingerprint density at radius 2 is 1.77 bits per heavy atom. The summed E-state index contributed by atoms with van der Waals surface area (Å²) in [4.78, 5) is 38.7. The Bertz CT molecular complexity index is 1170. The number of H-pyrrole nitrogens is 1. The molecule has 2 saturated heterocycles. The molecule has 4 heterocycles. The van der Waals surface area contributed by atoms with Gasteiger partial charge in [-0.1, -0.05) is 6.07 Å². The van der Waals surface area contributed by atoms with Crippen LogP contribution in [-0.4, -0.2) is 75.4 Å². The van der Waals surface area contributed by atoms with E-state index in [1.807, 2.05) is 47.1 Å². The Kier molecular flexibility index (Phi) is 6.90. The summed E-state index contributed by atoms with van der Waals surface area (Å²) in [5.41, 5.74) is 2.24. The van der Waals surface area contributed by atoms with E-state index in [0.717, 1.165) is 48.4 Å². The van der Waals surface area contributed by atoms with E-state index in [1.165, 1.54) is 25.9 Å². The van der Waals surface area contributed by atoms with Crippen LogP contribution in [0.2, 0.25) is 0 Å². The summed E-state index contributed by atoms with van der Waals surface area (Å²) in [6.45, 7) is 3.88. The molecule has 0 aliphatic carbocycles. The fourth-order valence-corrected chi connectivity index (χ4v) is 5.72. The standard InChI is InChI=1S/C27H36N6O2/c1-31-11-6-19(7-12-31)20-8-13-33(14-9-20)27(35)25(16-23-17-32(2)18-29-23)30-26(34)22-4-3-21-5-10-28-24(21)15-22/h3-5,10,15,17-20,25,28H,6-9,11-14,16H2,1-2H3,(H,30,34)/t25-/m0/s1. The Labute approximate surface area is 206 Å². The molecule has 0 radical (unpaired) electrons. The van der Waals surface area contributed by atoms with E-state index < -0.39 is 6.04 Å². The molecular formula is C27H36N6O2. The van der Waals surface area contributed by atoms with Gasteiger partial charge < -0.3 is 24.7 Å². The maximum absolute atomic E-state index is 13.6. The van der Waals surface area contributed by atoms with Gasteiger partial charge in [0.05, 0.1) is 12.0 Å². The van der Waals surface area contributed by atoms with Crippen LogP contribution in [0.1, 0.15) is 41.7 Å². The minimum Gasteiger partial charge on any atom is -0.361 e. The lowest BCUT2D eigenvalue weighted by Crippen LogP contribution is -2.52. The highest BCUT2D eigenvalue weighted by Gasteiger charge is 2.33. The zero-order chi connectivity index (χ0) is 24.4. The van der Waals surface area contributed by atoms with Crippen LogP contribution < -0.4 is 5.32 Å². The van der Waals surface area contributed by atoms with Crippen LogP contribution >= 0.6 is 0 Å². The van der Waals surface area contributed by atoms with E-state index in [1.54, 1.807) is 12.4 Å². The molecule has 0 spiro atoms. The van der Waals surface area contributed by atoms with Crippen molar-refractivity contribution in [1.82, 2.24) is 29.7 Å². The number of imidazole rings is 1. The first-order valence-corrected chi connectivity index (χ1v) is 12.8. The number of hydrogen-bond donors (Lipinski definition) is 2. The maximum Gasteiger partial charge on any atom is 0.252 e. The molecule has 5 rings (SSSR count). The lowest BCUT2D eigenvalue weighted by atomic mass is 9.79. The molecule has 1 aromatic carbocycles. The fourth-order valence-electron chi connectivity index (χ4n) is 5.72. The number of benzene rings is 1. The summed E-state index contributed by atoms with van der Waals surface area (Å²) in [6, 6.07) is 6.89. The van der Waals surface area contributed by atoms with Crippen LogP contribution in [0.3, 0.4) is 0 Å². The van der Waals surface area contributed by atoms with Gasteiger partial charge in [-0.05, 0) is 81.2 Å². The average Bonchev–Trinajstić information content (AvgIpc) is 3.51. The van der Waals surface area contributed by atoms with Gasteiger partial charge in [-0.15, -0.1) is 0 Å². The van der Waals surface area contributed by atoms with Crippen LogP contribution in [0.15, 0.2) is 43.0 Å². The third-order valence-electron chi connectivity index (χ3n) is 7.87. The Balaban J connectivity index is 1.26. The molecule has 1 atom stereocenters. The van der Waals surface area contributed by atoms with E-state index in [-0.39, 0.29) is 11.8 Å². The van der Waals surface area contributed by atoms with Crippen molar-refractivity contribution < 1.29 is 9.59 Å². The highest BCUT2D eigenvalue weighted by atomic mass is 16.2. The average molecular weight is 477 g/mol. The van der Waals surface area contributed by atoms with Crippen LogP contribution in [-0.2, 0) is 18.3 Å². The molecule has 0 saturated carbocycles. The van der Waals surface area contributed by atoms with Gasteiger partial charge in [-0.25, -0.2) is 4.98 Å². The summed E-state index contributed by atoms with van der Waals surface area (Å²) < 4.78 is 1.87. The minimum atomic E-state index is -0.642. The second kappa shape index (κ2) is 10.2. The third kappa shape index (κ3) is 5.42. The fraction of sp³-hybridized carbons (Fsp3) is 0.519. The first kappa shape index (κ1) is 23.6. The molecule has 0 unspecified atom stereocenters.